The van der Waals surface area contributed by atoms with Gasteiger partial charge in [-0.15, -0.1) is 0 Å². The largest absolute Gasteiger partial charge is 0.493 e. The molecule has 2 aromatic carbocycles. The minimum Gasteiger partial charge on any atom is -0.493 e. The van der Waals surface area contributed by atoms with Crippen LogP contribution in [0, 0.1) is 0 Å². The molecule has 1 unspecified atom stereocenters. The summed E-state index contributed by atoms with van der Waals surface area (Å²) in [7, 11) is 0. The van der Waals surface area contributed by atoms with E-state index in [1.54, 1.807) is 20.1 Å². The molecule has 4 rings (SSSR count). The van der Waals surface area contributed by atoms with E-state index < -0.39 is 5.60 Å². The Hall–Kier alpha value is -2.86. The van der Waals surface area contributed by atoms with E-state index in [0.29, 0.717) is 31.5 Å². The van der Waals surface area contributed by atoms with Crippen molar-refractivity contribution >= 4 is 33.6 Å². The molecular weight excluding hydrogens is 358 g/mol. The standard InChI is InChI=1S/C22H23NO5/c1-22(2,26)7-8-27-15-4-3-13-11-19-17(10-14(13)9-15)18(12-28-19)16-5-6-20(24)23-21(16)25/h3-4,9-12,16,26H,5-8H2,1-2H3,(H,23,24,25). The number of carbonyl (C=O) groups excluding carboxylic acids is 2. The molecular formula is C22H23NO5. The Morgan fingerprint density at radius 3 is 2.79 bits per heavy atom. The number of aliphatic hydroxyl groups is 1. The van der Waals surface area contributed by atoms with E-state index in [9.17, 15) is 14.7 Å². The van der Waals surface area contributed by atoms with E-state index in [4.69, 9.17) is 9.15 Å². The number of nitrogens with one attached hydrogen (secondary N) is 1. The Labute approximate surface area is 162 Å². The van der Waals surface area contributed by atoms with Gasteiger partial charge in [0.2, 0.25) is 11.8 Å². The molecule has 0 radical (unpaired) electrons. The second kappa shape index (κ2) is 6.95. The molecule has 2 amide bonds. The first-order valence-corrected chi connectivity index (χ1v) is 9.44. The van der Waals surface area contributed by atoms with Gasteiger partial charge in [0.15, 0.2) is 0 Å². The Morgan fingerprint density at radius 1 is 1.21 bits per heavy atom. The highest BCUT2D eigenvalue weighted by Gasteiger charge is 2.30. The Bertz CT molecular complexity index is 1060. The number of benzene rings is 2. The third kappa shape index (κ3) is 3.73. The van der Waals surface area contributed by atoms with Crippen molar-refractivity contribution in [2.75, 3.05) is 6.61 Å². The number of imide groups is 1. The maximum absolute atomic E-state index is 12.2. The van der Waals surface area contributed by atoms with Crippen LogP contribution in [-0.4, -0.2) is 29.1 Å². The highest BCUT2D eigenvalue weighted by molar-refractivity contribution is 6.04. The first kappa shape index (κ1) is 18.5. The lowest BCUT2D eigenvalue weighted by molar-refractivity contribution is -0.134. The Morgan fingerprint density at radius 2 is 2.04 bits per heavy atom. The lowest BCUT2D eigenvalue weighted by Crippen LogP contribution is -2.39. The number of rotatable bonds is 5. The van der Waals surface area contributed by atoms with Crippen molar-refractivity contribution in [3.8, 4) is 5.75 Å². The van der Waals surface area contributed by atoms with E-state index in [1.165, 1.54) is 0 Å². The zero-order chi connectivity index (χ0) is 19.9. The van der Waals surface area contributed by atoms with Crippen LogP contribution in [-0.2, 0) is 9.59 Å². The van der Waals surface area contributed by atoms with E-state index in [2.05, 4.69) is 5.32 Å². The minimum absolute atomic E-state index is 0.229. The molecule has 0 aliphatic carbocycles. The third-order valence-electron chi connectivity index (χ3n) is 5.13. The van der Waals surface area contributed by atoms with Gasteiger partial charge in [0.05, 0.1) is 24.4 Å². The summed E-state index contributed by atoms with van der Waals surface area (Å²) in [5.41, 5.74) is 0.745. The van der Waals surface area contributed by atoms with Gasteiger partial charge < -0.3 is 14.3 Å². The van der Waals surface area contributed by atoms with Crippen LogP contribution < -0.4 is 10.1 Å². The summed E-state index contributed by atoms with van der Waals surface area (Å²) in [5.74, 6) is -0.167. The second-order valence-electron chi connectivity index (χ2n) is 7.96. The van der Waals surface area contributed by atoms with Crippen molar-refractivity contribution in [3.63, 3.8) is 0 Å². The summed E-state index contributed by atoms with van der Waals surface area (Å²) in [5, 5.41) is 15.1. The SMILES string of the molecule is CC(C)(O)CCOc1ccc2cc3occ(C4CCC(=O)NC4=O)c3cc2c1. The molecule has 6 heteroatoms. The van der Waals surface area contributed by atoms with Gasteiger partial charge in [0.25, 0.3) is 0 Å². The topological polar surface area (TPSA) is 88.8 Å². The number of ether oxygens (including phenoxy) is 1. The summed E-state index contributed by atoms with van der Waals surface area (Å²) < 4.78 is 11.5. The lowest BCUT2D eigenvalue weighted by atomic mass is 9.90. The van der Waals surface area contributed by atoms with Crippen molar-refractivity contribution in [1.82, 2.24) is 5.32 Å². The van der Waals surface area contributed by atoms with Gasteiger partial charge in [-0.05, 0) is 55.3 Å². The van der Waals surface area contributed by atoms with Gasteiger partial charge in [0, 0.05) is 23.8 Å². The molecule has 6 nitrogen and oxygen atoms in total. The highest BCUT2D eigenvalue weighted by atomic mass is 16.5. The van der Waals surface area contributed by atoms with Crippen molar-refractivity contribution in [3.05, 3.63) is 42.2 Å². The maximum atomic E-state index is 12.2. The molecule has 1 saturated heterocycles. The summed E-state index contributed by atoms with van der Waals surface area (Å²) >= 11 is 0. The molecule has 28 heavy (non-hydrogen) atoms. The van der Waals surface area contributed by atoms with Gasteiger partial charge in [-0.25, -0.2) is 0 Å². The highest BCUT2D eigenvalue weighted by Crippen LogP contribution is 2.35. The summed E-state index contributed by atoms with van der Waals surface area (Å²) in [4.78, 5) is 23.7. The van der Waals surface area contributed by atoms with Gasteiger partial charge in [-0.3, -0.25) is 14.9 Å². The molecule has 2 N–H and O–H groups in total. The number of furan rings is 1. The fourth-order valence-electron chi connectivity index (χ4n) is 3.54. The van der Waals surface area contributed by atoms with E-state index in [-0.39, 0.29) is 17.7 Å². The normalized spacial score (nSPS) is 17.9. The third-order valence-corrected chi connectivity index (χ3v) is 5.13. The monoisotopic (exact) mass is 381 g/mol. The molecule has 3 aromatic rings. The number of carbonyl (C=O) groups is 2. The molecule has 0 saturated carbocycles. The van der Waals surface area contributed by atoms with Crippen LogP contribution in [0.2, 0.25) is 0 Å². The first-order chi connectivity index (χ1) is 13.3. The van der Waals surface area contributed by atoms with Gasteiger partial charge in [-0.2, -0.15) is 0 Å². The summed E-state index contributed by atoms with van der Waals surface area (Å²) in [6.45, 7) is 3.93. The lowest BCUT2D eigenvalue weighted by Gasteiger charge is -2.20. The fourth-order valence-corrected chi connectivity index (χ4v) is 3.54. The summed E-state index contributed by atoms with van der Waals surface area (Å²) in [6.07, 6.45) is 2.96. The molecule has 1 aromatic heterocycles. The van der Waals surface area contributed by atoms with Crippen molar-refractivity contribution in [2.45, 2.75) is 44.6 Å². The van der Waals surface area contributed by atoms with E-state index in [0.717, 1.165) is 27.5 Å². The minimum atomic E-state index is -0.767. The van der Waals surface area contributed by atoms with Crippen LogP contribution in [0.15, 0.2) is 41.0 Å². The van der Waals surface area contributed by atoms with E-state index >= 15 is 0 Å². The number of hydrogen-bond acceptors (Lipinski definition) is 5. The number of hydrogen-bond donors (Lipinski definition) is 2. The molecule has 1 fully saturated rings. The van der Waals surface area contributed by atoms with Crippen LogP contribution in [0.4, 0.5) is 0 Å². The molecule has 1 aliphatic heterocycles. The zero-order valence-corrected chi connectivity index (χ0v) is 16.0. The fraction of sp³-hybridized carbons (Fsp3) is 0.364. The van der Waals surface area contributed by atoms with Crippen LogP contribution in [0.1, 0.15) is 44.6 Å². The molecule has 0 bridgehead atoms. The van der Waals surface area contributed by atoms with Crippen LogP contribution >= 0.6 is 0 Å². The molecule has 0 spiro atoms. The average molecular weight is 381 g/mol. The molecule has 146 valence electrons. The Kier molecular flexibility index (Phi) is 4.59. The maximum Gasteiger partial charge on any atom is 0.234 e. The smallest absolute Gasteiger partial charge is 0.234 e. The number of fused-ring (bicyclic) bond motifs is 2. The van der Waals surface area contributed by atoms with Gasteiger partial charge >= 0.3 is 0 Å². The van der Waals surface area contributed by atoms with Gasteiger partial charge in [0.1, 0.15) is 11.3 Å². The Balaban J connectivity index is 1.65. The van der Waals surface area contributed by atoms with Crippen LogP contribution in [0.3, 0.4) is 0 Å². The number of piperidine rings is 1. The van der Waals surface area contributed by atoms with E-state index in [1.807, 2.05) is 30.3 Å². The average Bonchev–Trinajstić information content (AvgIpc) is 3.01. The van der Waals surface area contributed by atoms with Crippen molar-refractivity contribution in [1.29, 1.82) is 0 Å². The molecule has 2 heterocycles. The predicted octanol–water partition coefficient (Wildman–Crippen LogP) is 3.65. The second-order valence-corrected chi connectivity index (χ2v) is 7.96. The van der Waals surface area contributed by atoms with Crippen LogP contribution in [0.5, 0.6) is 5.75 Å². The quantitative estimate of drug-likeness (QED) is 0.659. The molecule has 1 atom stereocenters. The first-order valence-electron chi connectivity index (χ1n) is 9.44. The summed E-state index contributed by atoms with van der Waals surface area (Å²) in [6, 6.07) is 9.74. The predicted molar refractivity (Wildman–Crippen MR) is 105 cm³/mol. The van der Waals surface area contributed by atoms with Gasteiger partial charge in [-0.1, -0.05) is 6.07 Å². The van der Waals surface area contributed by atoms with Crippen molar-refractivity contribution < 1.29 is 23.8 Å². The zero-order valence-electron chi connectivity index (χ0n) is 16.0. The van der Waals surface area contributed by atoms with Crippen LogP contribution in [0.25, 0.3) is 21.7 Å². The van der Waals surface area contributed by atoms with Crippen molar-refractivity contribution in [2.24, 2.45) is 0 Å². The number of amides is 2. The molecule has 1 aliphatic rings.